The standard InChI is InChI=1S/C26H25N5O4S2/c1-4-24(32)34-12-10-31(11-13-35-25(33)5-2)20-7-9-21(18(3)14-20)27-16-28-26-30-22-8-6-19(29-17-36)15-23(22)37-26/h4-9,14-16H,1-2,10-13H2,3H3,(H,27,28,30). The van der Waals surface area contributed by atoms with Gasteiger partial charge in [0.25, 0.3) is 0 Å². The van der Waals surface area contributed by atoms with Gasteiger partial charge in [-0.25, -0.2) is 19.6 Å². The smallest absolute Gasteiger partial charge is 0.330 e. The largest absolute Gasteiger partial charge is 0.461 e. The molecule has 0 saturated carbocycles. The average molecular weight is 536 g/mol. The van der Waals surface area contributed by atoms with Crippen LogP contribution in [-0.4, -0.2) is 54.7 Å². The number of carbonyl (C=O) groups excluding carboxylic acids is 2. The number of rotatable bonds is 13. The van der Waals surface area contributed by atoms with Gasteiger partial charge >= 0.3 is 11.9 Å². The molecule has 37 heavy (non-hydrogen) atoms. The maximum atomic E-state index is 11.4. The number of ether oxygens (including phenoxy) is 2. The number of aryl methyl sites for hydroxylation is 1. The Morgan fingerprint density at radius 3 is 2.46 bits per heavy atom. The molecular formula is C26H25N5O4S2. The highest BCUT2D eigenvalue weighted by Gasteiger charge is 2.11. The molecule has 3 rings (SSSR count). The molecule has 0 unspecified atom stereocenters. The predicted octanol–water partition coefficient (Wildman–Crippen LogP) is 5.38. The van der Waals surface area contributed by atoms with Crippen LogP contribution in [0.25, 0.3) is 10.2 Å². The second-order valence-electron chi connectivity index (χ2n) is 7.48. The van der Waals surface area contributed by atoms with Crippen LogP contribution in [-0.2, 0) is 19.1 Å². The number of esters is 2. The molecule has 190 valence electrons. The molecule has 3 aromatic rings. The van der Waals surface area contributed by atoms with Crippen LogP contribution in [0.15, 0.2) is 71.7 Å². The Hall–Kier alpha value is -4.18. The van der Waals surface area contributed by atoms with Crippen LogP contribution in [0.2, 0.25) is 0 Å². The van der Waals surface area contributed by atoms with Gasteiger partial charge in [0.2, 0.25) is 5.13 Å². The number of nitrogens with one attached hydrogen (secondary N) is 1. The maximum absolute atomic E-state index is 11.4. The fraction of sp³-hybridized carbons (Fsp3) is 0.192. The lowest BCUT2D eigenvalue weighted by Gasteiger charge is -2.25. The van der Waals surface area contributed by atoms with Crippen molar-refractivity contribution in [2.24, 2.45) is 9.98 Å². The SMILES string of the molecule is C=CC(=O)OCCN(CCOC(=O)C=C)c1ccc(N/C=N\c2nc3ccc(N=C=S)cc3s2)c(C)c1. The van der Waals surface area contributed by atoms with Gasteiger partial charge in [-0.3, -0.25) is 0 Å². The van der Waals surface area contributed by atoms with Gasteiger partial charge in [-0.05, 0) is 61.1 Å². The van der Waals surface area contributed by atoms with Gasteiger partial charge in [0.1, 0.15) is 13.2 Å². The van der Waals surface area contributed by atoms with Crippen LogP contribution in [0, 0.1) is 6.92 Å². The van der Waals surface area contributed by atoms with Crippen LogP contribution < -0.4 is 10.2 Å². The van der Waals surface area contributed by atoms with Gasteiger partial charge < -0.3 is 19.7 Å². The van der Waals surface area contributed by atoms with Gasteiger partial charge in [-0.2, -0.15) is 4.99 Å². The van der Waals surface area contributed by atoms with Crippen LogP contribution in [0.4, 0.5) is 22.2 Å². The number of aromatic nitrogens is 1. The minimum absolute atomic E-state index is 0.160. The first-order chi connectivity index (χ1) is 17.9. The van der Waals surface area contributed by atoms with E-state index in [2.05, 4.69) is 50.8 Å². The van der Waals surface area contributed by atoms with Gasteiger partial charge in [-0.1, -0.05) is 24.5 Å². The molecule has 0 amide bonds. The van der Waals surface area contributed by atoms with Crippen molar-refractivity contribution >= 4 is 79.4 Å². The van der Waals surface area contributed by atoms with Crippen LogP contribution >= 0.6 is 23.6 Å². The molecule has 0 bridgehead atoms. The summed E-state index contributed by atoms with van der Waals surface area (Å²) in [7, 11) is 0. The van der Waals surface area contributed by atoms with Crippen molar-refractivity contribution in [2.45, 2.75) is 6.92 Å². The third-order valence-corrected chi connectivity index (χ3v) is 6.07. The lowest BCUT2D eigenvalue weighted by atomic mass is 10.1. The Morgan fingerprint density at radius 2 is 1.84 bits per heavy atom. The number of aliphatic imine (C=N–C) groups is 2. The minimum atomic E-state index is -0.495. The number of benzene rings is 2. The first-order valence-electron chi connectivity index (χ1n) is 11.1. The van der Waals surface area contributed by atoms with Crippen LogP contribution in [0.1, 0.15) is 5.56 Å². The molecule has 0 radical (unpaired) electrons. The number of anilines is 2. The second kappa shape index (κ2) is 13.8. The molecule has 1 heterocycles. The van der Waals surface area contributed by atoms with E-state index in [1.165, 1.54) is 11.3 Å². The number of fused-ring (bicyclic) bond motifs is 1. The summed E-state index contributed by atoms with van der Waals surface area (Å²) in [6.07, 6.45) is 3.82. The van der Waals surface area contributed by atoms with Crippen LogP contribution in [0.3, 0.4) is 0 Å². The summed E-state index contributed by atoms with van der Waals surface area (Å²) in [5.74, 6) is -0.991. The number of thiazole rings is 1. The molecule has 0 atom stereocenters. The van der Waals surface area contributed by atoms with Crippen molar-refractivity contribution in [3.8, 4) is 0 Å². The van der Waals surface area contributed by atoms with Gasteiger partial charge in [0.15, 0.2) is 0 Å². The Balaban J connectivity index is 1.67. The second-order valence-corrected chi connectivity index (χ2v) is 8.68. The summed E-state index contributed by atoms with van der Waals surface area (Å²) < 4.78 is 11.2. The van der Waals surface area contributed by atoms with E-state index in [4.69, 9.17) is 9.47 Å². The fourth-order valence-electron chi connectivity index (χ4n) is 3.24. The zero-order valence-corrected chi connectivity index (χ0v) is 21.8. The molecule has 9 nitrogen and oxygen atoms in total. The fourth-order valence-corrected chi connectivity index (χ4v) is 4.19. The van der Waals surface area contributed by atoms with Crippen molar-refractivity contribution in [3.63, 3.8) is 0 Å². The summed E-state index contributed by atoms with van der Waals surface area (Å²) in [5, 5.41) is 6.16. The maximum Gasteiger partial charge on any atom is 0.330 e. The Kier molecular flexibility index (Phi) is 10.2. The van der Waals surface area contributed by atoms with Crippen molar-refractivity contribution in [3.05, 3.63) is 67.3 Å². The van der Waals surface area contributed by atoms with E-state index in [1.54, 1.807) is 6.34 Å². The lowest BCUT2D eigenvalue weighted by Crippen LogP contribution is -2.32. The normalized spacial score (nSPS) is 10.5. The molecule has 11 heteroatoms. The van der Waals surface area contributed by atoms with Gasteiger partial charge in [-0.15, -0.1) is 0 Å². The molecule has 1 N–H and O–H groups in total. The summed E-state index contributed by atoms with van der Waals surface area (Å²) >= 11 is 6.10. The van der Waals surface area contributed by atoms with Crippen molar-refractivity contribution in [2.75, 3.05) is 36.5 Å². The Labute approximate surface area is 223 Å². The molecular weight excluding hydrogens is 510 g/mol. The van der Waals surface area contributed by atoms with E-state index in [9.17, 15) is 9.59 Å². The number of hydrogen-bond donors (Lipinski definition) is 1. The molecule has 1 aromatic heterocycles. The third kappa shape index (κ3) is 8.18. The highest BCUT2D eigenvalue weighted by Crippen LogP contribution is 2.31. The highest BCUT2D eigenvalue weighted by atomic mass is 32.1. The Bertz CT molecular complexity index is 1350. The zero-order chi connectivity index (χ0) is 26.6. The minimum Gasteiger partial charge on any atom is -0.461 e. The Morgan fingerprint density at radius 1 is 1.14 bits per heavy atom. The summed E-state index contributed by atoms with van der Waals surface area (Å²) in [6, 6.07) is 11.4. The summed E-state index contributed by atoms with van der Waals surface area (Å²) in [6.45, 7) is 9.89. The van der Waals surface area contributed by atoms with Crippen LogP contribution in [0.5, 0.6) is 0 Å². The molecule has 0 spiro atoms. The first kappa shape index (κ1) is 27.4. The zero-order valence-electron chi connectivity index (χ0n) is 20.2. The molecule has 0 saturated heterocycles. The molecule has 0 fully saturated rings. The number of isothiocyanates is 1. The first-order valence-corrected chi connectivity index (χ1v) is 12.4. The van der Waals surface area contributed by atoms with Crippen molar-refractivity contribution < 1.29 is 19.1 Å². The number of carbonyl (C=O) groups is 2. The summed E-state index contributed by atoms with van der Waals surface area (Å²) in [5.41, 5.74) is 4.26. The van der Waals surface area contributed by atoms with E-state index < -0.39 is 11.9 Å². The molecule has 0 aliphatic carbocycles. The summed E-state index contributed by atoms with van der Waals surface area (Å²) in [4.78, 5) is 37.7. The van der Waals surface area contributed by atoms with E-state index in [0.717, 1.165) is 45.0 Å². The quantitative estimate of drug-likeness (QED) is 0.102. The number of thiocarbonyl (C=S) groups is 1. The van der Waals surface area contributed by atoms with E-state index in [-0.39, 0.29) is 13.2 Å². The molecule has 0 aliphatic heterocycles. The van der Waals surface area contributed by atoms with Crippen molar-refractivity contribution in [1.29, 1.82) is 0 Å². The van der Waals surface area contributed by atoms with E-state index in [0.29, 0.717) is 18.2 Å². The third-order valence-electron chi connectivity index (χ3n) is 5.05. The molecule has 2 aromatic carbocycles. The number of hydrogen-bond acceptors (Lipinski definition) is 10. The monoisotopic (exact) mass is 535 g/mol. The van der Waals surface area contributed by atoms with Gasteiger partial charge in [0, 0.05) is 23.5 Å². The van der Waals surface area contributed by atoms with E-state index >= 15 is 0 Å². The highest BCUT2D eigenvalue weighted by molar-refractivity contribution is 7.78. The molecule has 0 aliphatic rings. The van der Waals surface area contributed by atoms with Crippen molar-refractivity contribution in [1.82, 2.24) is 4.98 Å². The topological polar surface area (TPSA) is 105 Å². The predicted molar refractivity (Wildman–Crippen MR) is 152 cm³/mol. The lowest BCUT2D eigenvalue weighted by molar-refractivity contribution is -0.137. The number of nitrogens with zero attached hydrogens (tertiary/aromatic N) is 4. The van der Waals surface area contributed by atoms with E-state index in [1.807, 2.05) is 48.2 Å². The van der Waals surface area contributed by atoms with Gasteiger partial charge in [0.05, 0.1) is 40.5 Å². The average Bonchev–Trinajstić information content (AvgIpc) is 3.30.